The van der Waals surface area contributed by atoms with E-state index in [0.717, 1.165) is 25.4 Å². The van der Waals surface area contributed by atoms with E-state index in [0.29, 0.717) is 0 Å². The Balaban J connectivity index is 2.27. The van der Waals surface area contributed by atoms with Gasteiger partial charge in [0.15, 0.2) is 0 Å². The Kier molecular flexibility index (Phi) is 6.26. The fourth-order valence-corrected chi connectivity index (χ4v) is 2.60. The first-order valence-corrected chi connectivity index (χ1v) is 6.62. The number of hydrogen-bond donors (Lipinski definition) is 1. The lowest BCUT2D eigenvalue weighted by Gasteiger charge is -2.28. The van der Waals surface area contributed by atoms with E-state index < -0.39 is 0 Å². The van der Waals surface area contributed by atoms with Gasteiger partial charge in [-0.1, -0.05) is 39.0 Å². The molecule has 1 atom stereocenters. The van der Waals surface area contributed by atoms with Crippen molar-refractivity contribution in [2.75, 3.05) is 13.6 Å². The highest BCUT2D eigenvalue weighted by molar-refractivity contribution is 4.74. The van der Waals surface area contributed by atoms with E-state index in [9.17, 15) is 5.11 Å². The lowest BCUT2D eigenvalue weighted by atomic mass is 10.1. The molecule has 0 saturated heterocycles. The Bertz CT molecular complexity index is 153. The quantitative estimate of drug-likeness (QED) is 0.710. The first-order valence-electron chi connectivity index (χ1n) is 6.62. The van der Waals surface area contributed by atoms with E-state index in [-0.39, 0.29) is 6.10 Å². The normalized spacial score (nSPS) is 21.6. The van der Waals surface area contributed by atoms with E-state index in [2.05, 4.69) is 18.9 Å². The highest BCUT2D eigenvalue weighted by Gasteiger charge is 2.18. The van der Waals surface area contributed by atoms with Crippen molar-refractivity contribution in [3.63, 3.8) is 0 Å². The molecular weight excluding hydrogens is 186 g/mol. The van der Waals surface area contributed by atoms with Crippen LogP contribution in [0.15, 0.2) is 0 Å². The third-order valence-electron chi connectivity index (χ3n) is 3.57. The van der Waals surface area contributed by atoms with Crippen molar-refractivity contribution in [2.24, 2.45) is 0 Å². The maximum absolute atomic E-state index is 9.78. The lowest BCUT2D eigenvalue weighted by Crippen LogP contribution is -2.37. The van der Waals surface area contributed by atoms with Crippen LogP contribution in [-0.2, 0) is 0 Å². The summed E-state index contributed by atoms with van der Waals surface area (Å²) in [7, 11) is 2.18. The maximum atomic E-state index is 9.78. The minimum absolute atomic E-state index is 0.122. The van der Waals surface area contributed by atoms with Crippen LogP contribution in [0.4, 0.5) is 0 Å². The summed E-state index contributed by atoms with van der Waals surface area (Å²) < 4.78 is 0. The molecule has 0 aromatic carbocycles. The van der Waals surface area contributed by atoms with Gasteiger partial charge in [-0.05, 0) is 26.3 Å². The molecule has 1 unspecified atom stereocenters. The molecule has 2 nitrogen and oxygen atoms in total. The van der Waals surface area contributed by atoms with Gasteiger partial charge in [-0.15, -0.1) is 0 Å². The fourth-order valence-electron chi connectivity index (χ4n) is 2.60. The van der Waals surface area contributed by atoms with Crippen LogP contribution in [0.1, 0.15) is 58.3 Å². The first-order chi connectivity index (χ1) is 7.24. The van der Waals surface area contributed by atoms with Gasteiger partial charge in [0.1, 0.15) is 0 Å². The SMILES string of the molecule is CCCC(O)CN(C)C1CCCCCC1. The minimum Gasteiger partial charge on any atom is -0.392 e. The lowest BCUT2D eigenvalue weighted by molar-refractivity contribution is 0.0921. The standard InChI is InChI=1S/C13H27NO/c1-3-8-13(15)11-14(2)12-9-6-4-5-7-10-12/h12-13,15H,3-11H2,1-2H3. The van der Waals surface area contributed by atoms with Gasteiger partial charge in [0.2, 0.25) is 0 Å². The molecule has 1 N–H and O–H groups in total. The smallest absolute Gasteiger partial charge is 0.0667 e. The van der Waals surface area contributed by atoms with Crippen molar-refractivity contribution >= 4 is 0 Å². The number of aliphatic hydroxyl groups is 1. The number of hydrogen-bond acceptors (Lipinski definition) is 2. The van der Waals surface area contributed by atoms with Crippen LogP contribution in [0.3, 0.4) is 0 Å². The number of aliphatic hydroxyl groups excluding tert-OH is 1. The average Bonchev–Trinajstić information content (AvgIpc) is 2.45. The third kappa shape index (κ3) is 4.98. The van der Waals surface area contributed by atoms with Crippen molar-refractivity contribution in [1.29, 1.82) is 0 Å². The van der Waals surface area contributed by atoms with E-state index in [4.69, 9.17) is 0 Å². The molecule has 0 aromatic rings. The first kappa shape index (κ1) is 13.0. The summed E-state index contributed by atoms with van der Waals surface area (Å²) in [4.78, 5) is 2.38. The van der Waals surface area contributed by atoms with Crippen molar-refractivity contribution in [2.45, 2.75) is 70.4 Å². The number of nitrogens with zero attached hydrogens (tertiary/aromatic N) is 1. The van der Waals surface area contributed by atoms with E-state index >= 15 is 0 Å². The van der Waals surface area contributed by atoms with Crippen LogP contribution in [-0.4, -0.2) is 35.7 Å². The summed E-state index contributed by atoms with van der Waals surface area (Å²) in [6.45, 7) is 2.99. The molecule has 0 amide bonds. The van der Waals surface area contributed by atoms with Gasteiger partial charge >= 0.3 is 0 Å². The second-order valence-corrected chi connectivity index (χ2v) is 5.03. The van der Waals surface area contributed by atoms with Crippen LogP contribution in [0.5, 0.6) is 0 Å². The van der Waals surface area contributed by atoms with Crippen LogP contribution < -0.4 is 0 Å². The van der Waals surface area contributed by atoms with Gasteiger partial charge in [0.05, 0.1) is 6.10 Å². The van der Waals surface area contributed by atoms with Gasteiger partial charge in [-0.2, -0.15) is 0 Å². The van der Waals surface area contributed by atoms with E-state index in [1.165, 1.54) is 38.5 Å². The van der Waals surface area contributed by atoms with Crippen LogP contribution in [0.2, 0.25) is 0 Å². The predicted molar refractivity (Wildman–Crippen MR) is 65.0 cm³/mol. The molecule has 1 saturated carbocycles. The van der Waals surface area contributed by atoms with Crippen molar-refractivity contribution in [1.82, 2.24) is 4.90 Å². The van der Waals surface area contributed by atoms with Gasteiger partial charge in [-0.25, -0.2) is 0 Å². The summed E-state index contributed by atoms with van der Waals surface area (Å²) in [5, 5.41) is 9.78. The summed E-state index contributed by atoms with van der Waals surface area (Å²) in [5.74, 6) is 0. The van der Waals surface area contributed by atoms with E-state index in [1.807, 2.05) is 0 Å². The van der Waals surface area contributed by atoms with Crippen LogP contribution in [0.25, 0.3) is 0 Å². The molecule has 0 aromatic heterocycles. The molecule has 1 rings (SSSR count). The highest BCUT2D eigenvalue weighted by atomic mass is 16.3. The monoisotopic (exact) mass is 213 g/mol. The third-order valence-corrected chi connectivity index (χ3v) is 3.57. The average molecular weight is 213 g/mol. The summed E-state index contributed by atoms with van der Waals surface area (Å²) >= 11 is 0. The Morgan fingerprint density at radius 2 is 1.80 bits per heavy atom. The fraction of sp³-hybridized carbons (Fsp3) is 1.00. The molecule has 1 aliphatic carbocycles. The van der Waals surface area contributed by atoms with Crippen molar-refractivity contribution < 1.29 is 5.11 Å². The Labute approximate surface area is 94.7 Å². The largest absolute Gasteiger partial charge is 0.392 e. The second-order valence-electron chi connectivity index (χ2n) is 5.03. The molecule has 1 aliphatic rings. The number of rotatable bonds is 5. The molecule has 15 heavy (non-hydrogen) atoms. The highest BCUT2D eigenvalue weighted by Crippen LogP contribution is 2.21. The van der Waals surface area contributed by atoms with Gasteiger partial charge in [0.25, 0.3) is 0 Å². The summed E-state index contributed by atoms with van der Waals surface area (Å²) in [6.07, 6.45) is 10.1. The second kappa shape index (κ2) is 7.24. The van der Waals surface area contributed by atoms with E-state index in [1.54, 1.807) is 0 Å². The van der Waals surface area contributed by atoms with Gasteiger partial charge < -0.3 is 10.0 Å². The molecule has 0 aliphatic heterocycles. The van der Waals surface area contributed by atoms with Gasteiger partial charge in [-0.3, -0.25) is 0 Å². The van der Waals surface area contributed by atoms with Crippen LogP contribution >= 0.6 is 0 Å². The topological polar surface area (TPSA) is 23.5 Å². The molecule has 1 fully saturated rings. The molecule has 2 heteroatoms. The Morgan fingerprint density at radius 3 is 2.33 bits per heavy atom. The summed E-state index contributed by atoms with van der Waals surface area (Å²) in [5.41, 5.74) is 0. The number of likely N-dealkylation sites (N-methyl/N-ethyl adjacent to an activating group) is 1. The van der Waals surface area contributed by atoms with Gasteiger partial charge in [0, 0.05) is 12.6 Å². The molecular formula is C13H27NO. The Morgan fingerprint density at radius 1 is 1.20 bits per heavy atom. The van der Waals surface area contributed by atoms with Crippen LogP contribution in [0, 0.1) is 0 Å². The minimum atomic E-state index is -0.122. The zero-order valence-corrected chi connectivity index (χ0v) is 10.4. The van der Waals surface area contributed by atoms with Crippen molar-refractivity contribution in [3.05, 3.63) is 0 Å². The summed E-state index contributed by atoms with van der Waals surface area (Å²) in [6, 6.07) is 0.721. The maximum Gasteiger partial charge on any atom is 0.0667 e. The molecule has 0 bridgehead atoms. The zero-order chi connectivity index (χ0) is 11.1. The Hall–Kier alpha value is -0.0800. The zero-order valence-electron chi connectivity index (χ0n) is 10.4. The molecule has 0 radical (unpaired) electrons. The molecule has 90 valence electrons. The van der Waals surface area contributed by atoms with Crippen molar-refractivity contribution in [3.8, 4) is 0 Å². The predicted octanol–water partition coefficient (Wildman–Crippen LogP) is 2.80. The molecule has 0 spiro atoms. The molecule has 0 heterocycles.